The van der Waals surface area contributed by atoms with Crippen LogP contribution in [-0.2, 0) is 0 Å². The summed E-state index contributed by atoms with van der Waals surface area (Å²) in [5, 5.41) is 9.46. The SMILES string of the molecule is CCN(CC(C)C#N)C(=O)c1c(Cl)cccc1Cl. The first-order chi connectivity index (χ1) is 8.51. The molecule has 0 saturated heterocycles. The summed E-state index contributed by atoms with van der Waals surface area (Å²) in [6.07, 6.45) is 0. The second-order valence-electron chi connectivity index (χ2n) is 3.97. The fourth-order valence-corrected chi connectivity index (χ4v) is 2.15. The molecule has 96 valence electrons. The predicted molar refractivity (Wildman–Crippen MR) is 72.8 cm³/mol. The maximum Gasteiger partial charge on any atom is 0.256 e. The number of halogens is 2. The van der Waals surface area contributed by atoms with E-state index in [-0.39, 0.29) is 11.8 Å². The molecule has 5 heteroatoms. The van der Waals surface area contributed by atoms with E-state index in [0.29, 0.717) is 28.7 Å². The Labute approximate surface area is 117 Å². The molecule has 1 amide bonds. The van der Waals surface area contributed by atoms with E-state index in [2.05, 4.69) is 6.07 Å². The zero-order chi connectivity index (χ0) is 13.7. The first-order valence-corrected chi connectivity index (χ1v) is 6.39. The summed E-state index contributed by atoms with van der Waals surface area (Å²) in [6, 6.07) is 7.05. The molecule has 0 aliphatic heterocycles. The van der Waals surface area contributed by atoms with Crippen LogP contribution in [0.1, 0.15) is 24.2 Å². The van der Waals surface area contributed by atoms with Crippen molar-refractivity contribution in [2.75, 3.05) is 13.1 Å². The molecule has 1 unspecified atom stereocenters. The van der Waals surface area contributed by atoms with Gasteiger partial charge in [-0.05, 0) is 26.0 Å². The largest absolute Gasteiger partial charge is 0.338 e. The topological polar surface area (TPSA) is 44.1 Å². The number of rotatable bonds is 4. The van der Waals surface area contributed by atoms with E-state index in [0.717, 1.165) is 0 Å². The highest BCUT2D eigenvalue weighted by Crippen LogP contribution is 2.25. The zero-order valence-electron chi connectivity index (χ0n) is 10.3. The molecule has 1 aromatic carbocycles. The Bertz CT molecular complexity index is 462. The number of amides is 1. The molecule has 18 heavy (non-hydrogen) atoms. The molecule has 0 N–H and O–H groups in total. The van der Waals surface area contributed by atoms with Crippen LogP contribution in [0, 0.1) is 17.2 Å². The highest BCUT2D eigenvalue weighted by atomic mass is 35.5. The third-order valence-corrected chi connectivity index (χ3v) is 3.19. The Kier molecular flexibility index (Phi) is 5.46. The van der Waals surface area contributed by atoms with Gasteiger partial charge in [0.1, 0.15) is 0 Å². The van der Waals surface area contributed by atoms with E-state index >= 15 is 0 Å². The molecule has 0 aliphatic rings. The molecule has 3 nitrogen and oxygen atoms in total. The molecule has 0 aromatic heterocycles. The van der Waals surface area contributed by atoms with Gasteiger partial charge in [0.15, 0.2) is 0 Å². The van der Waals surface area contributed by atoms with E-state index < -0.39 is 0 Å². The molecule has 1 atom stereocenters. The summed E-state index contributed by atoms with van der Waals surface area (Å²) in [6.45, 7) is 4.50. The van der Waals surface area contributed by atoms with E-state index in [1.54, 1.807) is 30.0 Å². The molecule has 0 radical (unpaired) electrons. The van der Waals surface area contributed by atoms with E-state index in [1.165, 1.54) is 0 Å². The number of benzene rings is 1. The van der Waals surface area contributed by atoms with E-state index in [4.69, 9.17) is 28.5 Å². The van der Waals surface area contributed by atoms with Gasteiger partial charge >= 0.3 is 0 Å². The maximum absolute atomic E-state index is 12.3. The quantitative estimate of drug-likeness (QED) is 0.848. The lowest BCUT2D eigenvalue weighted by Gasteiger charge is -2.23. The molecule has 0 heterocycles. The Balaban J connectivity index is 3.01. The summed E-state index contributed by atoms with van der Waals surface area (Å²) < 4.78 is 0. The Morgan fingerprint density at radius 2 is 2.00 bits per heavy atom. The van der Waals surface area contributed by atoms with E-state index in [1.807, 2.05) is 6.92 Å². The summed E-state index contributed by atoms with van der Waals surface area (Å²) in [4.78, 5) is 13.9. The molecular formula is C13H14Cl2N2O. The van der Waals surface area contributed by atoms with Crippen molar-refractivity contribution in [3.05, 3.63) is 33.8 Å². The van der Waals surface area contributed by atoms with Gasteiger partial charge in [-0.1, -0.05) is 29.3 Å². The van der Waals surface area contributed by atoms with Crippen molar-refractivity contribution in [3.63, 3.8) is 0 Å². The maximum atomic E-state index is 12.3. The van der Waals surface area contributed by atoms with Crippen molar-refractivity contribution < 1.29 is 4.79 Å². The third kappa shape index (κ3) is 3.38. The van der Waals surface area contributed by atoms with Gasteiger partial charge in [-0.2, -0.15) is 5.26 Å². The summed E-state index contributed by atoms with van der Waals surface area (Å²) >= 11 is 12.0. The van der Waals surface area contributed by atoms with E-state index in [9.17, 15) is 4.79 Å². The van der Waals surface area contributed by atoms with Crippen LogP contribution in [0.15, 0.2) is 18.2 Å². The monoisotopic (exact) mass is 284 g/mol. The summed E-state index contributed by atoms with van der Waals surface area (Å²) in [5.41, 5.74) is 0.299. The number of nitriles is 1. The number of carbonyl (C=O) groups is 1. The second kappa shape index (κ2) is 6.63. The van der Waals surface area contributed by atoms with Gasteiger partial charge in [-0.3, -0.25) is 4.79 Å². The first kappa shape index (κ1) is 14.8. The van der Waals surface area contributed by atoms with Crippen molar-refractivity contribution in [1.29, 1.82) is 5.26 Å². The minimum absolute atomic E-state index is 0.227. The number of hydrogen-bond acceptors (Lipinski definition) is 2. The van der Waals surface area contributed by atoms with Crippen molar-refractivity contribution >= 4 is 29.1 Å². The molecule has 1 rings (SSSR count). The van der Waals surface area contributed by atoms with Crippen molar-refractivity contribution in [2.24, 2.45) is 5.92 Å². The fourth-order valence-electron chi connectivity index (χ4n) is 1.59. The van der Waals surface area contributed by atoms with Crippen molar-refractivity contribution in [2.45, 2.75) is 13.8 Å². The normalized spacial score (nSPS) is 11.7. The van der Waals surface area contributed by atoms with Crippen LogP contribution in [0.4, 0.5) is 0 Å². The summed E-state index contributed by atoms with van der Waals surface area (Å²) in [5.74, 6) is -0.467. The van der Waals surface area contributed by atoms with Gasteiger partial charge in [0, 0.05) is 13.1 Å². The lowest BCUT2D eigenvalue weighted by Crippen LogP contribution is -2.34. The van der Waals surface area contributed by atoms with Crippen LogP contribution < -0.4 is 0 Å². The lowest BCUT2D eigenvalue weighted by atomic mass is 10.1. The van der Waals surface area contributed by atoms with Crippen molar-refractivity contribution in [3.8, 4) is 6.07 Å². The van der Waals surface area contributed by atoms with Crippen LogP contribution in [0.25, 0.3) is 0 Å². The average molecular weight is 285 g/mol. The minimum atomic E-state index is -0.241. The second-order valence-corrected chi connectivity index (χ2v) is 4.78. The highest BCUT2D eigenvalue weighted by molar-refractivity contribution is 6.39. The Hall–Kier alpha value is -1.24. The average Bonchev–Trinajstić information content (AvgIpc) is 2.35. The first-order valence-electron chi connectivity index (χ1n) is 5.64. The Morgan fingerprint density at radius 3 is 2.44 bits per heavy atom. The number of hydrogen-bond donors (Lipinski definition) is 0. The van der Waals surface area contributed by atoms with Gasteiger partial charge in [0.2, 0.25) is 0 Å². The van der Waals surface area contributed by atoms with Crippen LogP contribution in [0.5, 0.6) is 0 Å². The van der Waals surface area contributed by atoms with Gasteiger partial charge in [0.25, 0.3) is 5.91 Å². The van der Waals surface area contributed by atoms with Crippen LogP contribution in [0.2, 0.25) is 10.0 Å². The zero-order valence-corrected chi connectivity index (χ0v) is 11.8. The standard InChI is InChI=1S/C13H14Cl2N2O/c1-3-17(8-9(2)7-16)13(18)12-10(14)5-4-6-11(12)15/h4-6,9H,3,8H2,1-2H3. The Morgan fingerprint density at radius 1 is 1.44 bits per heavy atom. The molecule has 1 aromatic rings. The smallest absolute Gasteiger partial charge is 0.256 e. The molecular weight excluding hydrogens is 271 g/mol. The lowest BCUT2D eigenvalue weighted by molar-refractivity contribution is 0.0753. The predicted octanol–water partition coefficient (Wildman–Crippen LogP) is 3.62. The highest BCUT2D eigenvalue weighted by Gasteiger charge is 2.21. The number of nitrogens with zero attached hydrogens (tertiary/aromatic N) is 2. The van der Waals surface area contributed by atoms with Gasteiger partial charge < -0.3 is 4.90 Å². The van der Waals surface area contributed by atoms with Gasteiger partial charge in [-0.15, -0.1) is 0 Å². The van der Waals surface area contributed by atoms with Gasteiger partial charge in [0.05, 0.1) is 27.6 Å². The number of carbonyl (C=O) groups excluding carboxylic acids is 1. The molecule has 0 fully saturated rings. The minimum Gasteiger partial charge on any atom is -0.338 e. The summed E-state index contributed by atoms with van der Waals surface area (Å²) in [7, 11) is 0. The molecule has 0 aliphatic carbocycles. The van der Waals surface area contributed by atoms with Crippen LogP contribution >= 0.6 is 23.2 Å². The third-order valence-electron chi connectivity index (χ3n) is 2.56. The molecule has 0 saturated carbocycles. The van der Waals surface area contributed by atoms with Crippen molar-refractivity contribution in [1.82, 2.24) is 4.90 Å². The molecule has 0 spiro atoms. The van der Waals surface area contributed by atoms with Crippen LogP contribution in [0.3, 0.4) is 0 Å². The van der Waals surface area contributed by atoms with Crippen LogP contribution in [-0.4, -0.2) is 23.9 Å². The van der Waals surface area contributed by atoms with Gasteiger partial charge in [-0.25, -0.2) is 0 Å². The fraction of sp³-hybridized carbons (Fsp3) is 0.385. The molecule has 0 bridgehead atoms.